The van der Waals surface area contributed by atoms with E-state index in [9.17, 15) is 4.79 Å². The van der Waals surface area contributed by atoms with E-state index >= 15 is 0 Å². The summed E-state index contributed by atoms with van der Waals surface area (Å²) in [6.45, 7) is 7.74. The van der Waals surface area contributed by atoms with Crippen LogP contribution >= 0.6 is 0 Å². The van der Waals surface area contributed by atoms with E-state index in [1.54, 1.807) is 11.3 Å². The molecule has 1 amide bonds. The van der Waals surface area contributed by atoms with Gasteiger partial charge in [-0.15, -0.1) is 0 Å². The number of carbonyl (C=O) groups excluding carboxylic acids is 1. The lowest BCUT2D eigenvalue weighted by Crippen LogP contribution is -2.15. The zero-order valence-electron chi connectivity index (χ0n) is 10.1. The number of imidazole rings is 1. The molecule has 0 aliphatic rings. The van der Waals surface area contributed by atoms with E-state index in [0.29, 0.717) is 11.4 Å². The van der Waals surface area contributed by atoms with Crippen LogP contribution < -0.4 is 5.73 Å². The van der Waals surface area contributed by atoms with Crippen LogP contribution in [0.1, 0.15) is 35.6 Å². The molecule has 0 unspecified atom stereocenters. The Labute approximate surface area is 95.1 Å². The monoisotopic (exact) mass is 219 g/mol. The van der Waals surface area contributed by atoms with Crippen LogP contribution in [0.15, 0.2) is 18.3 Å². The van der Waals surface area contributed by atoms with Crippen LogP contribution in [0.5, 0.6) is 0 Å². The Morgan fingerprint density at radius 2 is 1.94 bits per heavy atom. The molecule has 0 fully saturated rings. The first kappa shape index (κ1) is 12.2. The first-order valence-electron chi connectivity index (χ1n) is 5.34. The minimum atomic E-state index is -0.444. The van der Waals surface area contributed by atoms with Gasteiger partial charge >= 0.3 is 0 Å². The lowest BCUT2D eigenvalue weighted by Gasteiger charge is -1.99. The Hall–Kier alpha value is -1.84. The molecule has 2 aromatic rings. The molecule has 0 saturated carbocycles. The summed E-state index contributed by atoms with van der Waals surface area (Å²) in [5.74, 6) is -0.444. The van der Waals surface area contributed by atoms with Crippen LogP contribution in [0, 0.1) is 13.8 Å². The molecule has 0 aliphatic heterocycles. The average Bonchev–Trinajstić information content (AvgIpc) is 2.56. The molecule has 0 aliphatic carbocycles. The lowest BCUT2D eigenvalue weighted by molar-refractivity contribution is 0.0994. The second kappa shape index (κ2) is 4.79. The van der Waals surface area contributed by atoms with Crippen molar-refractivity contribution in [2.75, 3.05) is 0 Å². The highest BCUT2D eigenvalue weighted by Gasteiger charge is 2.12. The number of nitrogens with zero attached hydrogens (tertiary/aromatic N) is 2. The molecule has 0 aromatic carbocycles. The van der Waals surface area contributed by atoms with Crippen molar-refractivity contribution in [3.8, 4) is 0 Å². The summed E-state index contributed by atoms with van der Waals surface area (Å²) >= 11 is 0. The molecule has 4 nitrogen and oxygen atoms in total. The van der Waals surface area contributed by atoms with Crippen molar-refractivity contribution < 1.29 is 4.79 Å². The van der Waals surface area contributed by atoms with Crippen molar-refractivity contribution in [2.24, 2.45) is 5.73 Å². The number of nitrogens with two attached hydrogens (primary N) is 1. The maximum Gasteiger partial charge on any atom is 0.267 e. The second-order valence-corrected chi connectivity index (χ2v) is 3.34. The van der Waals surface area contributed by atoms with Gasteiger partial charge in [0.25, 0.3) is 5.91 Å². The Balaban J connectivity index is 0.000000606. The maximum absolute atomic E-state index is 11.2. The van der Waals surface area contributed by atoms with Gasteiger partial charge in [0.15, 0.2) is 0 Å². The third-order valence-corrected chi connectivity index (χ3v) is 2.17. The third kappa shape index (κ3) is 2.05. The molecule has 0 atom stereocenters. The second-order valence-electron chi connectivity index (χ2n) is 3.34. The third-order valence-electron chi connectivity index (χ3n) is 2.17. The van der Waals surface area contributed by atoms with Crippen molar-refractivity contribution >= 4 is 11.6 Å². The number of primary amides is 1. The van der Waals surface area contributed by atoms with Crippen molar-refractivity contribution in [1.82, 2.24) is 9.38 Å². The summed E-state index contributed by atoms with van der Waals surface area (Å²) < 4.78 is 1.73. The maximum atomic E-state index is 11.2. The fourth-order valence-corrected chi connectivity index (χ4v) is 1.57. The van der Waals surface area contributed by atoms with Crippen LogP contribution in [0.4, 0.5) is 0 Å². The molecule has 0 bridgehead atoms. The van der Waals surface area contributed by atoms with Gasteiger partial charge in [-0.3, -0.25) is 9.20 Å². The number of amides is 1. The number of aryl methyl sites for hydroxylation is 2. The van der Waals surface area contributed by atoms with Crippen molar-refractivity contribution in [3.63, 3.8) is 0 Å². The van der Waals surface area contributed by atoms with Crippen molar-refractivity contribution in [3.05, 3.63) is 35.3 Å². The molecule has 86 valence electrons. The smallest absolute Gasteiger partial charge is 0.267 e. The van der Waals surface area contributed by atoms with Crippen LogP contribution in [-0.2, 0) is 0 Å². The van der Waals surface area contributed by atoms with E-state index in [4.69, 9.17) is 5.73 Å². The molecule has 2 aromatic heterocycles. The van der Waals surface area contributed by atoms with Gasteiger partial charge in [0.05, 0.1) is 5.69 Å². The molecule has 2 heterocycles. The van der Waals surface area contributed by atoms with E-state index in [-0.39, 0.29) is 0 Å². The number of aromatic nitrogens is 2. The Morgan fingerprint density at radius 1 is 1.31 bits per heavy atom. The van der Waals surface area contributed by atoms with Crippen molar-refractivity contribution in [2.45, 2.75) is 27.7 Å². The molecule has 2 N–H and O–H groups in total. The standard InChI is InChI=1S/C10H11N3O.C2H6/c1-6-3-4-8-12-7(2)9(10(11)14)13(8)5-6;1-2/h3-5H,1-2H3,(H2,11,14);1-2H3. The molecule has 0 spiro atoms. The fourth-order valence-electron chi connectivity index (χ4n) is 1.57. The van der Waals surface area contributed by atoms with Gasteiger partial charge < -0.3 is 5.73 Å². The molecule has 16 heavy (non-hydrogen) atoms. The van der Waals surface area contributed by atoms with Gasteiger partial charge in [0.1, 0.15) is 11.3 Å². The summed E-state index contributed by atoms with van der Waals surface area (Å²) in [7, 11) is 0. The number of rotatable bonds is 1. The van der Waals surface area contributed by atoms with Gasteiger partial charge in [0.2, 0.25) is 0 Å². The SMILES string of the molecule is CC.Cc1ccc2nc(C)c(C(N)=O)n2c1. The zero-order valence-corrected chi connectivity index (χ0v) is 10.1. The number of carbonyl (C=O) groups is 1. The summed E-state index contributed by atoms with van der Waals surface area (Å²) in [5.41, 5.74) is 8.23. The van der Waals surface area contributed by atoms with Crippen LogP contribution in [0.25, 0.3) is 5.65 Å². The van der Waals surface area contributed by atoms with Crippen molar-refractivity contribution in [1.29, 1.82) is 0 Å². The highest BCUT2D eigenvalue weighted by Crippen LogP contribution is 2.12. The van der Waals surface area contributed by atoms with Crippen LogP contribution in [-0.4, -0.2) is 15.3 Å². The normalized spacial score (nSPS) is 9.75. The van der Waals surface area contributed by atoms with Gasteiger partial charge in [-0.25, -0.2) is 4.98 Å². The van der Waals surface area contributed by atoms with E-state index in [1.165, 1.54) is 0 Å². The van der Waals surface area contributed by atoms with E-state index in [1.807, 2.05) is 39.1 Å². The minimum absolute atomic E-state index is 0.444. The molecule has 0 radical (unpaired) electrons. The van der Waals surface area contributed by atoms with E-state index in [2.05, 4.69) is 4.98 Å². The Kier molecular flexibility index (Phi) is 3.66. The predicted octanol–water partition coefficient (Wildman–Crippen LogP) is 2.08. The molecule has 0 saturated heterocycles. The summed E-state index contributed by atoms with van der Waals surface area (Å²) in [6.07, 6.45) is 1.86. The predicted molar refractivity (Wildman–Crippen MR) is 64.5 cm³/mol. The quantitative estimate of drug-likeness (QED) is 0.798. The van der Waals surface area contributed by atoms with Gasteiger partial charge in [-0.05, 0) is 25.5 Å². The summed E-state index contributed by atoms with van der Waals surface area (Å²) in [5, 5.41) is 0. The number of fused-ring (bicyclic) bond motifs is 1. The lowest BCUT2D eigenvalue weighted by atomic mass is 10.3. The fraction of sp³-hybridized carbons (Fsp3) is 0.333. The highest BCUT2D eigenvalue weighted by atomic mass is 16.1. The average molecular weight is 219 g/mol. The molecular weight excluding hydrogens is 202 g/mol. The van der Waals surface area contributed by atoms with Gasteiger partial charge in [-0.1, -0.05) is 19.9 Å². The topological polar surface area (TPSA) is 60.4 Å². The summed E-state index contributed by atoms with van der Waals surface area (Å²) in [6, 6.07) is 3.82. The van der Waals surface area contributed by atoms with E-state index in [0.717, 1.165) is 11.2 Å². The largest absolute Gasteiger partial charge is 0.364 e. The van der Waals surface area contributed by atoms with Gasteiger partial charge in [-0.2, -0.15) is 0 Å². The first-order chi connectivity index (χ1) is 7.59. The Bertz CT molecular complexity index is 514. The molecular formula is C12H17N3O. The van der Waals surface area contributed by atoms with Crippen LogP contribution in [0.3, 0.4) is 0 Å². The number of hydrogen-bond donors (Lipinski definition) is 1. The molecule has 2 rings (SSSR count). The first-order valence-corrected chi connectivity index (χ1v) is 5.34. The number of pyridine rings is 1. The highest BCUT2D eigenvalue weighted by molar-refractivity contribution is 5.93. The molecule has 4 heteroatoms. The minimum Gasteiger partial charge on any atom is -0.364 e. The van der Waals surface area contributed by atoms with Crippen LogP contribution in [0.2, 0.25) is 0 Å². The summed E-state index contributed by atoms with van der Waals surface area (Å²) in [4.78, 5) is 15.4. The Morgan fingerprint density at radius 3 is 2.50 bits per heavy atom. The zero-order chi connectivity index (χ0) is 12.3. The van der Waals surface area contributed by atoms with Gasteiger partial charge in [0, 0.05) is 6.20 Å². The van der Waals surface area contributed by atoms with E-state index < -0.39 is 5.91 Å². The number of hydrogen-bond acceptors (Lipinski definition) is 2.